The summed E-state index contributed by atoms with van der Waals surface area (Å²) in [6.07, 6.45) is -0.517. The van der Waals surface area contributed by atoms with E-state index in [1.165, 1.54) is 6.07 Å². The fourth-order valence-electron chi connectivity index (χ4n) is 2.99. The molecule has 2 amide bonds. The number of hydrogen-bond donors (Lipinski definition) is 1. The second-order valence-electron chi connectivity index (χ2n) is 6.39. The molecule has 2 aromatic rings. The Kier molecular flexibility index (Phi) is 5.67. The first-order valence-electron chi connectivity index (χ1n) is 8.60. The van der Waals surface area contributed by atoms with Gasteiger partial charge in [-0.3, -0.25) is 0 Å². The molecule has 2 atom stereocenters. The number of halogens is 2. The summed E-state index contributed by atoms with van der Waals surface area (Å²) in [5.41, 5.74) is 1.84. The van der Waals surface area contributed by atoms with E-state index in [-0.39, 0.29) is 18.6 Å². The Morgan fingerprint density at radius 2 is 2.11 bits per heavy atom. The lowest BCUT2D eigenvalue weighted by atomic mass is 10.1. The first-order chi connectivity index (χ1) is 13.0. The largest absolute Gasteiger partial charge is 0.370 e. The lowest BCUT2D eigenvalue weighted by Gasteiger charge is -2.34. The molecule has 27 heavy (non-hydrogen) atoms. The van der Waals surface area contributed by atoms with Gasteiger partial charge in [-0.2, -0.15) is 5.26 Å². The molecule has 0 unspecified atom stereocenters. The third-order valence-electron chi connectivity index (χ3n) is 4.52. The van der Waals surface area contributed by atoms with Crippen LogP contribution in [0.25, 0.3) is 0 Å². The molecule has 1 aliphatic rings. The van der Waals surface area contributed by atoms with Gasteiger partial charge in [0.05, 0.1) is 30.8 Å². The second kappa shape index (κ2) is 8.14. The van der Waals surface area contributed by atoms with Crippen LogP contribution in [0, 0.1) is 23.0 Å². The van der Waals surface area contributed by atoms with Gasteiger partial charge in [0, 0.05) is 6.54 Å². The maximum Gasteiger partial charge on any atom is 0.318 e. The molecule has 1 fully saturated rings. The van der Waals surface area contributed by atoms with Crippen molar-refractivity contribution in [2.45, 2.75) is 19.1 Å². The van der Waals surface area contributed by atoms with Crippen LogP contribution in [0.2, 0.25) is 0 Å². The number of morpholine rings is 1. The van der Waals surface area contributed by atoms with Crippen molar-refractivity contribution >= 4 is 6.03 Å². The summed E-state index contributed by atoms with van der Waals surface area (Å²) in [6, 6.07) is 12.2. The lowest BCUT2D eigenvalue weighted by Crippen LogP contribution is -2.47. The summed E-state index contributed by atoms with van der Waals surface area (Å²) in [5.74, 6) is -1.86. The predicted octanol–water partition coefficient (Wildman–Crippen LogP) is 3.68. The van der Waals surface area contributed by atoms with Gasteiger partial charge in [0.25, 0.3) is 0 Å². The first kappa shape index (κ1) is 18.8. The number of nitriles is 1. The molecule has 0 aromatic heterocycles. The normalized spacial score (nSPS) is 17.9. The zero-order chi connectivity index (χ0) is 19.4. The molecule has 1 heterocycles. The predicted molar refractivity (Wildman–Crippen MR) is 94.7 cm³/mol. The molecule has 2 aromatic carbocycles. The van der Waals surface area contributed by atoms with Gasteiger partial charge in [-0.25, -0.2) is 13.6 Å². The summed E-state index contributed by atoms with van der Waals surface area (Å²) >= 11 is 0. The Hall–Kier alpha value is -2.98. The molecule has 5 nitrogen and oxygen atoms in total. The van der Waals surface area contributed by atoms with Crippen LogP contribution in [0.4, 0.5) is 13.6 Å². The van der Waals surface area contributed by atoms with E-state index in [4.69, 9.17) is 10.00 Å². The van der Waals surface area contributed by atoms with Gasteiger partial charge in [0.2, 0.25) is 0 Å². The number of ether oxygens (including phenoxy) is 1. The molecular formula is C20H19F2N3O2. The monoisotopic (exact) mass is 371 g/mol. The highest BCUT2D eigenvalue weighted by atomic mass is 19.2. The molecule has 1 N–H and O–H groups in total. The van der Waals surface area contributed by atoms with Gasteiger partial charge in [0.15, 0.2) is 11.6 Å². The molecule has 1 aliphatic heterocycles. The average Bonchev–Trinajstić information content (AvgIpc) is 2.70. The highest BCUT2D eigenvalue weighted by molar-refractivity contribution is 5.75. The third-order valence-corrected chi connectivity index (χ3v) is 4.52. The third kappa shape index (κ3) is 4.41. The molecule has 7 heteroatoms. The lowest BCUT2D eigenvalue weighted by molar-refractivity contribution is -0.0159. The van der Waals surface area contributed by atoms with Crippen molar-refractivity contribution in [3.8, 4) is 6.07 Å². The SMILES string of the molecule is C[C@@H](NC(=O)N1CCO[C@H](c2ccc(F)c(F)c2)C1)c1cccc(C#N)c1. The van der Waals surface area contributed by atoms with E-state index >= 15 is 0 Å². The Morgan fingerprint density at radius 1 is 1.30 bits per heavy atom. The smallest absolute Gasteiger partial charge is 0.318 e. The van der Waals surface area contributed by atoms with Gasteiger partial charge in [-0.05, 0) is 42.3 Å². The number of carbonyl (C=O) groups is 1. The Bertz CT molecular complexity index is 882. The maximum absolute atomic E-state index is 13.5. The van der Waals surface area contributed by atoms with E-state index in [2.05, 4.69) is 11.4 Å². The zero-order valence-electron chi connectivity index (χ0n) is 14.8. The molecular weight excluding hydrogens is 352 g/mol. The zero-order valence-corrected chi connectivity index (χ0v) is 14.8. The topological polar surface area (TPSA) is 65.4 Å². The summed E-state index contributed by atoms with van der Waals surface area (Å²) in [5, 5.41) is 11.9. The van der Waals surface area contributed by atoms with Crippen molar-refractivity contribution in [2.24, 2.45) is 0 Å². The van der Waals surface area contributed by atoms with Crippen molar-refractivity contribution in [2.75, 3.05) is 19.7 Å². The van der Waals surface area contributed by atoms with Gasteiger partial charge >= 0.3 is 6.03 Å². The van der Waals surface area contributed by atoms with Gasteiger partial charge in [-0.1, -0.05) is 18.2 Å². The van der Waals surface area contributed by atoms with Crippen molar-refractivity contribution in [3.05, 3.63) is 70.8 Å². The number of carbonyl (C=O) groups excluding carboxylic acids is 1. The van der Waals surface area contributed by atoms with Crippen molar-refractivity contribution in [1.29, 1.82) is 5.26 Å². The van der Waals surface area contributed by atoms with Crippen LogP contribution in [-0.2, 0) is 4.74 Å². The first-order valence-corrected chi connectivity index (χ1v) is 8.60. The van der Waals surface area contributed by atoms with Crippen LogP contribution < -0.4 is 5.32 Å². The van der Waals surface area contributed by atoms with Crippen LogP contribution in [0.5, 0.6) is 0 Å². The van der Waals surface area contributed by atoms with Crippen LogP contribution in [-0.4, -0.2) is 30.6 Å². The summed E-state index contributed by atoms with van der Waals surface area (Å²) in [7, 11) is 0. The Labute approximate surface area is 156 Å². The molecule has 0 aliphatic carbocycles. The van der Waals surface area contributed by atoms with Crippen molar-refractivity contribution < 1.29 is 18.3 Å². The number of nitrogens with zero attached hydrogens (tertiary/aromatic N) is 2. The van der Waals surface area contributed by atoms with E-state index in [1.807, 2.05) is 13.0 Å². The molecule has 1 saturated heterocycles. The van der Waals surface area contributed by atoms with Gasteiger partial charge in [0.1, 0.15) is 6.10 Å². The fraction of sp³-hybridized carbons (Fsp3) is 0.300. The van der Waals surface area contributed by atoms with E-state index in [9.17, 15) is 13.6 Å². The van der Waals surface area contributed by atoms with Crippen molar-refractivity contribution in [1.82, 2.24) is 10.2 Å². The molecule has 0 saturated carbocycles. The van der Waals surface area contributed by atoms with Crippen LogP contribution in [0.15, 0.2) is 42.5 Å². The summed E-state index contributed by atoms with van der Waals surface area (Å²) in [4.78, 5) is 14.2. The number of urea groups is 1. The standard InChI is InChI=1S/C20H19F2N3O2/c1-13(15-4-2-3-14(9-15)11-23)24-20(26)25-7-8-27-19(12-25)16-5-6-17(21)18(22)10-16/h2-6,9-10,13,19H,7-8,12H2,1H3,(H,24,26)/t13-,19+/m1/s1. The molecule has 3 rings (SSSR count). The Balaban J connectivity index is 1.65. The van der Waals surface area contributed by atoms with Crippen LogP contribution >= 0.6 is 0 Å². The molecule has 0 radical (unpaired) electrons. The quantitative estimate of drug-likeness (QED) is 0.895. The van der Waals surface area contributed by atoms with Crippen LogP contribution in [0.1, 0.15) is 35.8 Å². The summed E-state index contributed by atoms with van der Waals surface area (Å²) in [6.45, 7) is 2.77. The van der Waals surface area contributed by atoms with E-state index in [0.717, 1.165) is 17.7 Å². The van der Waals surface area contributed by atoms with Gasteiger partial charge < -0.3 is 15.0 Å². The minimum atomic E-state index is -0.941. The molecule has 0 spiro atoms. The van der Waals surface area contributed by atoms with E-state index in [1.54, 1.807) is 23.1 Å². The number of amides is 2. The minimum absolute atomic E-state index is 0.238. The van der Waals surface area contributed by atoms with Gasteiger partial charge in [-0.15, -0.1) is 0 Å². The maximum atomic E-state index is 13.5. The highest BCUT2D eigenvalue weighted by Crippen LogP contribution is 2.24. The molecule has 140 valence electrons. The fourth-order valence-corrected chi connectivity index (χ4v) is 2.99. The number of hydrogen-bond acceptors (Lipinski definition) is 3. The minimum Gasteiger partial charge on any atom is -0.370 e. The van der Waals surface area contributed by atoms with E-state index < -0.39 is 17.7 Å². The van der Waals surface area contributed by atoms with Crippen molar-refractivity contribution in [3.63, 3.8) is 0 Å². The van der Waals surface area contributed by atoms with E-state index in [0.29, 0.717) is 24.3 Å². The summed E-state index contributed by atoms with van der Waals surface area (Å²) < 4.78 is 32.2. The number of benzene rings is 2. The number of nitrogens with one attached hydrogen (secondary N) is 1. The molecule has 0 bridgehead atoms. The second-order valence-corrected chi connectivity index (χ2v) is 6.39. The number of rotatable bonds is 3. The van der Waals surface area contributed by atoms with Crippen LogP contribution in [0.3, 0.4) is 0 Å². The highest BCUT2D eigenvalue weighted by Gasteiger charge is 2.27. The average molecular weight is 371 g/mol. The Morgan fingerprint density at radius 3 is 2.85 bits per heavy atom.